The number of hydrogen-bond donors (Lipinski definition) is 4. The number of nitrogens with one attached hydrogen (secondary N) is 3. The van der Waals surface area contributed by atoms with Crippen molar-refractivity contribution in [3.8, 4) is 5.75 Å². The number of aryl methyl sites for hydroxylation is 1. The molecule has 7 nitrogen and oxygen atoms in total. The molecule has 0 radical (unpaired) electrons. The second kappa shape index (κ2) is 7.98. The van der Waals surface area contributed by atoms with Gasteiger partial charge in [0.05, 0.1) is 35.5 Å². The Morgan fingerprint density at radius 1 is 1.32 bits per heavy atom. The number of methoxy groups -OCH3 is 1. The highest BCUT2D eigenvalue weighted by molar-refractivity contribution is 6.35. The first-order chi connectivity index (χ1) is 14.7. The molecule has 1 fully saturated rings. The molecule has 2 aromatic carbocycles. The highest BCUT2D eigenvalue weighted by Crippen LogP contribution is 2.50. The maximum atomic E-state index is 13.5. The van der Waals surface area contributed by atoms with Gasteiger partial charge in [-0.1, -0.05) is 29.3 Å². The van der Waals surface area contributed by atoms with Crippen molar-refractivity contribution in [2.45, 2.75) is 38.0 Å². The molecule has 0 aliphatic carbocycles. The molecule has 2 heterocycles. The summed E-state index contributed by atoms with van der Waals surface area (Å²) in [4.78, 5) is 26.8. The van der Waals surface area contributed by atoms with Gasteiger partial charge < -0.3 is 20.5 Å². The molecular weight excluding hydrogens is 441 g/mol. The van der Waals surface area contributed by atoms with Crippen LogP contribution in [-0.4, -0.2) is 36.2 Å². The van der Waals surface area contributed by atoms with E-state index in [2.05, 4.69) is 16.0 Å². The summed E-state index contributed by atoms with van der Waals surface area (Å²) in [5.74, 6) is -1.14. The lowest BCUT2D eigenvalue weighted by Gasteiger charge is -2.30. The first kappa shape index (κ1) is 21.9. The van der Waals surface area contributed by atoms with Gasteiger partial charge in [0.2, 0.25) is 11.8 Å². The van der Waals surface area contributed by atoms with Gasteiger partial charge >= 0.3 is 0 Å². The van der Waals surface area contributed by atoms with Crippen LogP contribution in [0.25, 0.3) is 0 Å². The largest absolute Gasteiger partial charge is 0.495 e. The molecule has 2 aliphatic rings. The minimum atomic E-state index is -1.36. The van der Waals surface area contributed by atoms with Gasteiger partial charge in [-0.25, -0.2) is 0 Å². The zero-order valence-electron chi connectivity index (χ0n) is 17.3. The average Bonchev–Trinajstić information content (AvgIpc) is 3.23. The fourth-order valence-electron chi connectivity index (χ4n) is 4.51. The molecular formula is C22H23Cl2N3O4. The van der Waals surface area contributed by atoms with E-state index in [1.54, 1.807) is 31.2 Å². The maximum Gasteiger partial charge on any atom is 0.250 e. The Bertz CT molecular complexity index is 1070. The van der Waals surface area contributed by atoms with Gasteiger partial charge in [0, 0.05) is 16.6 Å². The molecule has 2 aliphatic heterocycles. The summed E-state index contributed by atoms with van der Waals surface area (Å²) >= 11 is 12.5. The molecule has 4 atom stereocenters. The average molecular weight is 464 g/mol. The molecule has 164 valence electrons. The molecule has 2 amide bonds. The highest BCUT2D eigenvalue weighted by Gasteiger charge is 2.61. The predicted octanol–water partition coefficient (Wildman–Crippen LogP) is 3.46. The molecule has 0 aromatic heterocycles. The third kappa shape index (κ3) is 3.55. The van der Waals surface area contributed by atoms with Crippen LogP contribution in [-0.2, 0) is 15.1 Å². The zero-order chi connectivity index (χ0) is 22.5. The minimum absolute atomic E-state index is 0.255. The monoisotopic (exact) mass is 463 g/mol. The van der Waals surface area contributed by atoms with Crippen molar-refractivity contribution in [2.75, 3.05) is 17.7 Å². The number of carbonyl (C=O) groups is 2. The second-order valence-corrected chi connectivity index (χ2v) is 8.89. The van der Waals surface area contributed by atoms with Crippen molar-refractivity contribution in [3.05, 3.63) is 51.5 Å². The lowest BCUT2D eigenvalue weighted by molar-refractivity contribution is -0.130. The fourth-order valence-corrected chi connectivity index (χ4v) is 5.00. The van der Waals surface area contributed by atoms with Crippen LogP contribution in [0.1, 0.15) is 24.5 Å². The van der Waals surface area contributed by atoms with Gasteiger partial charge in [-0.05, 0) is 50.1 Å². The molecule has 4 N–H and O–H groups in total. The summed E-state index contributed by atoms with van der Waals surface area (Å²) in [6.45, 7) is 3.50. The van der Waals surface area contributed by atoms with E-state index in [-0.39, 0.29) is 12.3 Å². The zero-order valence-corrected chi connectivity index (χ0v) is 18.8. The van der Waals surface area contributed by atoms with Crippen LogP contribution in [0.15, 0.2) is 30.3 Å². The van der Waals surface area contributed by atoms with Gasteiger partial charge in [-0.2, -0.15) is 0 Å². The number of ether oxygens (including phenoxy) is 1. The van der Waals surface area contributed by atoms with Crippen LogP contribution < -0.4 is 20.7 Å². The first-order valence-corrected chi connectivity index (χ1v) is 10.6. The van der Waals surface area contributed by atoms with Crippen LogP contribution in [0.5, 0.6) is 5.75 Å². The highest BCUT2D eigenvalue weighted by atomic mass is 35.5. The summed E-state index contributed by atoms with van der Waals surface area (Å²) in [6, 6.07) is 8.03. The maximum absolute atomic E-state index is 13.5. The summed E-state index contributed by atoms with van der Waals surface area (Å²) < 4.78 is 5.32. The smallest absolute Gasteiger partial charge is 0.250 e. The van der Waals surface area contributed by atoms with Crippen molar-refractivity contribution in [3.63, 3.8) is 0 Å². The van der Waals surface area contributed by atoms with Crippen molar-refractivity contribution >= 4 is 46.4 Å². The van der Waals surface area contributed by atoms with Crippen molar-refractivity contribution < 1.29 is 19.4 Å². The molecule has 4 rings (SSSR count). The molecule has 9 heteroatoms. The Labute approximate surface area is 190 Å². The minimum Gasteiger partial charge on any atom is -0.495 e. The molecule has 4 unspecified atom stereocenters. The van der Waals surface area contributed by atoms with Gasteiger partial charge in [0.25, 0.3) is 0 Å². The van der Waals surface area contributed by atoms with E-state index in [1.807, 2.05) is 13.0 Å². The molecule has 0 bridgehead atoms. The number of hydrogen-bond acceptors (Lipinski definition) is 5. The van der Waals surface area contributed by atoms with E-state index in [0.29, 0.717) is 32.7 Å². The molecule has 2 aromatic rings. The summed E-state index contributed by atoms with van der Waals surface area (Å²) in [5.41, 5.74) is 0.981. The number of anilines is 2. The number of rotatable bonds is 4. The van der Waals surface area contributed by atoms with E-state index in [4.69, 9.17) is 27.9 Å². The van der Waals surface area contributed by atoms with Gasteiger partial charge in [-0.3, -0.25) is 14.9 Å². The van der Waals surface area contributed by atoms with E-state index >= 15 is 0 Å². The van der Waals surface area contributed by atoms with Crippen LogP contribution in [0.4, 0.5) is 11.4 Å². The fraction of sp³-hybridized carbons (Fsp3) is 0.364. The number of fused-ring (bicyclic) bond motifs is 2. The lowest BCUT2D eigenvalue weighted by Crippen LogP contribution is -2.53. The van der Waals surface area contributed by atoms with Gasteiger partial charge in [0.1, 0.15) is 11.3 Å². The molecule has 31 heavy (non-hydrogen) atoms. The third-order valence-corrected chi connectivity index (χ3v) is 6.53. The summed E-state index contributed by atoms with van der Waals surface area (Å²) in [5, 5.41) is 20.0. The predicted molar refractivity (Wildman–Crippen MR) is 120 cm³/mol. The van der Waals surface area contributed by atoms with Crippen molar-refractivity contribution in [2.24, 2.45) is 5.92 Å². The SMILES string of the molecule is COc1ccc(Cl)cc1NC(=O)C1CC(C(C)O)NC12C(=O)Nc1c(Cl)cc(C)cc12. The quantitative estimate of drug-likeness (QED) is 0.556. The van der Waals surface area contributed by atoms with Gasteiger partial charge in [-0.15, -0.1) is 0 Å². The van der Waals surface area contributed by atoms with Crippen molar-refractivity contribution in [1.82, 2.24) is 5.32 Å². The van der Waals surface area contributed by atoms with Crippen LogP contribution >= 0.6 is 23.2 Å². The van der Waals surface area contributed by atoms with Crippen LogP contribution in [0.3, 0.4) is 0 Å². The Morgan fingerprint density at radius 3 is 2.74 bits per heavy atom. The Morgan fingerprint density at radius 2 is 2.06 bits per heavy atom. The number of benzene rings is 2. The van der Waals surface area contributed by atoms with E-state index in [1.165, 1.54) is 7.11 Å². The topological polar surface area (TPSA) is 99.7 Å². The Hall–Kier alpha value is -2.32. The van der Waals surface area contributed by atoms with E-state index in [9.17, 15) is 14.7 Å². The molecule has 1 spiro atoms. The number of aliphatic hydroxyl groups is 1. The molecule has 0 saturated carbocycles. The lowest BCUT2D eigenvalue weighted by atomic mass is 9.79. The standard InChI is InChI=1S/C22H23Cl2N3O4/c1-10-6-13-19(15(24)7-10)26-21(30)22(13)14(9-16(27-22)11(2)28)20(29)25-17-8-12(23)4-5-18(17)31-3/h4-8,11,14,16,27-28H,9H2,1-3H3,(H,25,29)(H,26,30). The van der Waals surface area contributed by atoms with Gasteiger partial charge in [0.15, 0.2) is 0 Å². The normalized spacial score (nSPS) is 25.3. The van der Waals surface area contributed by atoms with E-state index < -0.39 is 29.5 Å². The Kier molecular flexibility index (Phi) is 5.64. The molecule has 1 saturated heterocycles. The number of amides is 2. The second-order valence-electron chi connectivity index (χ2n) is 8.05. The Balaban J connectivity index is 1.79. The van der Waals surface area contributed by atoms with Crippen molar-refractivity contribution in [1.29, 1.82) is 0 Å². The first-order valence-electron chi connectivity index (χ1n) is 9.89. The number of aliphatic hydroxyl groups excluding tert-OH is 1. The number of halogens is 2. The summed E-state index contributed by atoms with van der Waals surface area (Å²) in [6.07, 6.45) is -0.516. The van der Waals surface area contributed by atoms with Crippen LogP contribution in [0, 0.1) is 12.8 Å². The summed E-state index contributed by atoms with van der Waals surface area (Å²) in [7, 11) is 1.49. The van der Waals surface area contributed by atoms with E-state index in [0.717, 1.165) is 5.56 Å². The third-order valence-electron chi connectivity index (χ3n) is 6.00. The van der Waals surface area contributed by atoms with Crippen LogP contribution in [0.2, 0.25) is 10.0 Å². The number of carbonyl (C=O) groups excluding carboxylic acids is 2.